The van der Waals surface area contributed by atoms with Crippen molar-refractivity contribution in [2.45, 2.75) is 17.9 Å². The fourth-order valence-corrected chi connectivity index (χ4v) is 5.73. The van der Waals surface area contributed by atoms with Gasteiger partial charge in [-0.3, -0.25) is 4.79 Å². The number of carbonyl (C=O) groups excluding carboxylic acids is 1. The highest BCUT2D eigenvalue weighted by Crippen LogP contribution is 2.36. The standard InChI is InChI=1S/C11H14Cl2N2O4S2/c1-2-19-11(16)7-6-14-3-4-15(7)21(17,18)8-5-9(12)20-10(8)13/h5,7,14H,2-4,6H2,1H3. The minimum Gasteiger partial charge on any atom is -0.465 e. The summed E-state index contributed by atoms with van der Waals surface area (Å²) in [6.07, 6.45) is 0. The van der Waals surface area contributed by atoms with Gasteiger partial charge >= 0.3 is 5.97 Å². The molecule has 0 bridgehead atoms. The van der Waals surface area contributed by atoms with Crippen LogP contribution in [0.5, 0.6) is 0 Å². The Hall–Kier alpha value is -0.380. The number of carbonyl (C=O) groups is 1. The van der Waals surface area contributed by atoms with E-state index in [1.165, 1.54) is 6.07 Å². The number of esters is 1. The van der Waals surface area contributed by atoms with Crippen LogP contribution in [0.1, 0.15) is 6.92 Å². The third-order valence-corrected chi connectivity index (χ3v) is 6.63. The molecule has 2 rings (SSSR count). The van der Waals surface area contributed by atoms with E-state index in [0.29, 0.717) is 6.54 Å². The van der Waals surface area contributed by atoms with Gasteiger partial charge in [-0.25, -0.2) is 8.42 Å². The number of nitrogens with one attached hydrogen (secondary N) is 1. The van der Waals surface area contributed by atoms with Gasteiger partial charge in [0.25, 0.3) is 0 Å². The molecule has 1 fully saturated rings. The van der Waals surface area contributed by atoms with Gasteiger partial charge in [-0.15, -0.1) is 11.3 Å². The molecule has 6 nitrogen and oxygen atoms in total. The van der Waals surface area contributed by atoms with E-state index in [4.69, 9.17) is 27.9 Å². The van der Waals surface area contributed by atoms with Gasteiger partial charge < -0.3 is 10.1 Å². The topological polar surface area (TPSA) is 75.7 Å². The van der Waals surface area contributed by atoms with E-state index in [1.807, 2.05) is 0 Å². The molecule has 118 valence electrons. The van der Waals surface area contributed by atoms with Crippen LogP contribution in [0.2, 0.25) is 8.67 Å². The Bertz CT molecular complexity index is 632. The average Bonchev–Trinajstić information content (AvgIpc) is 2.79. The Balaban J connectivity index is 2.36. The van der Waals surface area contributed by atoms with Crippen molar-refractivity contribution >= 4 is 50.5 Å². The number of nitrogens with zero attached hydrogens (tertiary/aromatic N) is 1. The molecule has 1 aliphatic heterocycles. The van der Waals surface area contributed by atoms with Crippen molar-refractivity contribution in [3.63, 3.8) is 0 Å². The van der Waals surface area contributed by atoms with E-state index in [9.17, 15) is 13.2 Å². The third-order valence-electron chi connectivity index (χ3n) is 2.96. The first-order valence-electron chi connectivity index (χ1n) is 6.22. The Morgan fingerprint density at radius 1 is 1.57 bits per heavy atom. The lowest BCUT2D eigenvalue weighted by molar-refractivity contribution is -0.148. The summed E-state index contributed by atoms with van der Waals surface area (Å²) in [5, 5.41) is 2.98. The predicted molar refractivity (Wildman–Crippen MR) is 81.5 cm³/mol. The van der Waals surface area contributed by atoms with Crippen LogP contribution in [0.25, 0.3) is 0 Å². The summed E-state index contributed by atoms with van der Waals surface area (Å²) in [5.41, 5.74) is 0. The minimum absolute atomic E-state index is 0.0737. The molecule has 1 aromatic heterocycles. The second-order valence-electron chi connectivity index (χ2n) is 4.28. The number of rotatable bonds is 4. The molecule has 1 unspecified atom stereocenters. The van der Waals surface area contributed by atoms with Crippen molar-refractivity contribution in [3.8, 4) is 0 Å². The van der Waals surface area contributed by atoms with Crippen molar-refractivity contribution in [3.05, 3.63) is 14.7 Å². The maximum Gasteiger partial charge on any atom is 0.325 e. The Morgan fingerprint density at radius 2 is 2.29 bits per heavy atom. The van der Waals surface area contributed by atoms with Crippen LogP contribution in [0, 0.1) is 0 Å². The smallest absolute Gasteiger partial charge is 0.325 e. The quantitative estimate of drug-likeness (QED) is 0.812. The van der Waals surface area contributed by atoms with Crippen LogP contribution in [-0.2, 0) is 19.6 Å². The molecule has 21 heavy (non-hydrogen) atoms. The summed E-state index contributed by atoms with van der Waals surface area (Å²) < 4.78 is 31.8. The first kappa shape index (κ1) is 17.0. The summed E-state index contributed by atoms with van der Waals surface area (Å²) in [4.78, 5) is 11.9. The highest BCUT2D eigenvalue weighted by molar-refractivity contribution is 7.89. The average molecular weight is 373 g/mol. The van der Waals surface area contributed by atoms with E-state index < -0.39 is 22.0 Å². The van der Waals surface area contributed by atoms with E-state index in [0.717, 1.165) is 15.6 Å². The van der Waals surface area contributed by atoms with Gasteiger partial charge in [0.1, 0.15) is 15.3 Å². The molecule has 2 heterocycles. The van der Waals surface area contributed by atoms with Crippen LogP contribution < -0.4 is 5.32 Å². The van der Waals surface area contributed by atoms with E-state index in [-0.39, 0.29) is 33.3 Å². The number of thiophene rings is 1. The molecule has 1 aliphatic rings. The largest absolute Gasteiger partial charge is 0.465 e. The zero-order valence-electron chi connectivity index (χ0n) is 11.1. The summed E-state index contributed by atoms with van der Waals surface area (Å²) in [7, 11) is -3.90. The van der Waals surface area contributed by atoms with Gasteiger partial charge in [-0.05, 0) is 13.0 Å². The van der Waals surface area contributed by atoms with Crippen LogP contribution in [0.15, 0.2) is 11.0 Å². The first-order chi connectivity index (χ1) is 9.87. The number of piperazine rings is 1. The normalized spacial score (nSPS) is 20.4. The van der Waals surface area contributed by atoms with Crippen molar-refractivity contribution in [2.75, 3.05) is 26.2 Å². The van der Waals surface area contributed by atoms with Gasteiger partial charge in [-0.2, -0.15) is 4.31 Å². The highest BCUT2D eigenvalue weighted by Gasteiger charge is 2.40. The van der Waals surface area contributed by atoms with Crippen LogP contribution in [-0.4, -0.2) is 51.0 Å². The molecule has 1 atom stereocenters. The third kappa shape index (κ3) is 3.52. The summed E-state index contributed by atoms with van der Waals surface area (Å²) >= 11 is 12.7. The van der Waals surface area contributed by atoms with Gasteiger partial charge in [-0.1, -0.05) is 23.2 Å². The summed E-state index contributed by atoms with van der Waals surface area (Å²) in [6, 6.07) is 0.396. The Kier molecular flexibility index (Phi) is 5.50. The zero-order valence-corrected chi connectivity index (χ0v) is 14.3. The number of halogens is 2. The molecule has 1 aromatic rings. The summed E-state index contributed by atoms with van der Waals surface area (Å²) in [5.74, 6) is -0.578. The number of sulfonamides is 1. The van der Waals surface area contributed by atoms with Gasteiger partial charge in [0.2, 0.25) is 10.0 Å². The fourth-order valence-electron chi connectivity index (χ4n) is 2.04. The van der Waals surface area contributed by atoms with Crippen molar-refractivity contribution in [2.24, 2.45) is 0 Å². The predicted octanol–water partition coefficient (Wildman–Crippen LogP) is 1.58. The lowest BCUT2D eigenvalue weighted by Gasteiger charge is -2.33. The van der Waals surface area contributed by atoms with Crippen molar-refractivity contribution in [1.29, 1.82) is 0 Å². The number of hydrogen-bond donors (Lipinski definition) is 1. The molecule has 10 heteroatoms. The molecule has 0 aliphatic carbocycles. The molecule has 0 spiro atoms. The molecular weight excluding hydrogens is 359 g/mol. The summed E-state index contributed by atoms with van der Waals surface area (Å²) in [6.45, 7) is 2.67. The zero-order chi connectivity index (χ0) is 15.6. The van der Waals surface area contributed by atoms with Gasteiger partial charge in [0.15, 0.2) is 0 Å². The molecule has 0 saturated carbocycles. The molecule has 0 radical (unpaired) electrons. The number of hydrogen-bond acceptors (Lipinski definition) is 6. The Labute approximate surface area is 137 Å². The number of ether oxygens (including phenoxy) is 1. The van der Waals surface area contributed by atoms with Crippen molar-refractivity contribution in [1.82, 2.24) is 9.62 Å². The highest BCUT2D eigenvalue weighted by atomic mass is 35.5. The lowest BCUT2D eigenvalue weighted by Crippen LogP contribution is -2.57. The van der Waals surface area contributed by atoms with Gasteiger partial charge in [0.05, 0.1) is 10.9 Å². The van der Waals surface area contributed by atoms with Gasteiger partial charge in [0, 0.05) is 19.6 Å². The van der Waals surface area contributed by atoms with Crippen LogP contribution in [0.3, 0.4) is 0 Å². The maximum absolute atomic E-state index is 12.7. The molecule has 0 amide bonds. The van der Waals surface area contributed by atoms with E-state index >= 15 is 0 Å². The molecule has 1 saturated heterocycles. The van der Waals surface area contributed by atoms with E-state index in [2.05, 4.69) is 5.32 Å². The first-order valence-corrected chi connectivity index (χ1v) is 9.23. The molecular formula is C11H14Cl2N2O4S2. The molecule has 0 aromatic carbocycles. The second kappa shape index (κ2) is 6.80. The van der Waals surface area contributed by atoms with Crippen LogP contribution in [0.4, 0.5) is 0 Å². The lowest BCUT2D eigenvalue weighted by atomic mass is 10.2. The fraction of sp³-hybridized carbons (Fsp3) is 0.545. The minimum atomic E-state index is -3.90. The van der Waals surface area contributed by atoms with Crippen molar-refractivity contribution < 1.29 is 17.9 Å². The molecule has 1 N–H and O–H groups in total. The van der Waals surface area contributed by atoms with E-state index in [1.54, 1.807) is 6.92 Å². The maximum atomic E-state index is 12.7. The SMILES string of the molecule is CCOC(=O)C1CNCCN1S(=O)(=O)c1cc(Cl)sc1Cl. The van der Waals surface area contributed by atoms with Crippen LogP contribution >= 0.6 is 34.5 Å². The monoisotopic (exact) mass is 372 g/mol. The second-order valence-corrected chi connectivity index (χ2v) is 8.42. The Morgan fingerprint density at radius 3 is 2.86 bits per heavy atom.